The van der Waals surface area contributed by atoms with Gasteiger partial charge >= 0.3 is 12.0 Å². The second kappa shape index (κ2) is 10.3. The van der Waals surface area contributed by atoms with Gasteiger partial charge in [0.15, 0.2) is 0 Å². The third kappa shape index (κ3) is 6.54. The van der Waals surface area contributed by atoms with Crippen molar-refractivity contribution in [2.24, 2.45) is 0 Å². The Labute approximate surface area is 203 Å². The molecule has 0 radical (unpaired) electrons. The highest BCUT2D eigenvalue weighted by Crippen LogP contribution is 2.33. The first-order valence-electron chi connectivity index (χ1n) is 10.00. The van der Waals surface area contributed by atoms with E-state index in [1.807, 2.05) is 22.6 Å². The number of carbonyl (C=O) groups excluding carboxylic acids is 2. The van der Waals surface area contributed by atoms with Crippen LogP contribution < -0.4 is 10.8 Å². The smallest absolute Gasteiger partial charge is 0.410 e. The van der Waals surface area contributed by atoms with Gasteiger partial charge < -0.3 is 19.4 Å². The summed E-state index contributed by atoms with van der Waals surface area (Å²) in [5.41, 5.74) is 2.50. The van der Waals surface area contributed by atoms with Crippen molar-refractivity contribution in [3.63, 3.8) is 0 Å². The summed E-state index contributed by atoms with van der Waals surface area (Å²) in [5, 5.41) is 3.42. The number of nitrogens with zero attached hydrogens (tertiary/aromatic N) is 2. The first-order valence-corrected chi connectivity index (χ1v) is 11.1. The number of benzene rings is 1. The van der Waals surface area contributed by atoms with Crippen LogP contribution in [0.1, 0.15) is 31.3 Å². The van der Waals surface area contributed by atoms with E-state index in [0.29, 0.717) is 11.0 Å². The fourth-order valence-electron chi connectivity index (χ4n) is 2.73. The SMILES string of the molecule is CN(CCONC(=O)c1oc2ccncc2c1Nc1ccc(I)cc1F)C(=O)OC(C)(C)C. The summed E-state index contributed by atoms with van der Waals surface area (Å²) in [6.45, 7) is 5.50. The fourth-order valence-corrected chi connectivity index (χ4v) is 3.18. The van der Waals surface area contributed by atoms with E-state index in [2.05, 4.69) is 15.8 Å². The lowest BCUT2D eigenvalue weighted by Gasteiger charge is -2.24. The molecule has 0 saturated carbocycles. The van der Waals surface area contributed by atoms with E-state index >= 15 is 0 Å². The summed E-state index contributed by atoms with van der Waals surface area (Å²) in [6, 6.07) is 6.26. The van der Waals surface area contributed by atoms with Crippen LogP contribution in [0.25, 0.3) is 11.0 Å². The molecule has 0 aliphatic heterocycles. The standard InChI is InChI=1S/C22H24FIN4O5/c1-22(2,3)33-21(30)28(4)9-10-31-27-20(29)19-18(14-12-25-8-7-17(14)32-19)26-16-6-5-13(24)11-15(16)23/h5-8,11-12,26H,9-10H2,1-4H3,(H,27,29). The first kappa shape index (κ1) is 24.7. The zero-order chi connectivity index (χ0) is 24.2. The van der Waals surface area contributed by atoms with Gasteiger partial charge in [0.2, 0.25) is 5.76 Å². The van der Waals surface area contributed by atoms with E-state index in [4.69, 9.17) is 14.0 Å². The molecule has 2 heterocycles. The lowest BCUT2D eigenvalue weighted by atomic mass is 10.2. The predicted octanol–water partition coefficient (Wildman–Crippen LogP) is 4.84. The highest BCUT2D eigenvalue weighted by molar-refractivity contribution is 14.1. The second-order valence-corrected chi connectivity index (χ2v) is 9.35. The Morgan fingerprint density at radius 1 is 1.27 bits per heavy atom. The van der Waals surface area contributed by atoms with E-state index < -0.39 is 23.4 Å². The van der Waals surface area contributed by atoms with Crippen LogP contribution in [-0.4, -0.2) is 47.7 Å². The summed E-state index contributed by atoms with van der Waals surface area (Å²) in [6.07, 6.45) is 2.53. The number of nitrogens with one attached hydrogen (secondary N) is 2. The topological polar surface area (TPSA) is 106 Å². The summed E-state index contributed by atoms with van der Waals surface area (Å²) in [5.74, 6) is -1.26. The number of pyridine rings is 1. The van der Waals surface area contributed by atoms with Gasteiger partial charge in [-0.15, -0.1) is 0 Å². The Kier molecular flexibility index (Phi) is 7.74. The number of aromatic nitrogens is 1. The van der Waals surface area contributed by atoms with Gasteiger partial charge in [0.05, 0.1) is 17.7 Å². The molecule has 33 heavy (non-hydrogen) atoms. The molecule has 2 aromatic heterocycles. The van der Waals surface area contributed by atoms with E-state index in [-0.39, 0.29) is 30.3 Å². The quantitative estimate of drug-likeness (QED) is 0.238. The van der Waals surface area contributed by atoms with Crippen LogP contribution >= 0.6 is 22.6 Å². The minimum absolute atomic E-state index is 0.0117. The van der Waals surface area contributed by atoms with E-state index in [9.17, 15) is 14.0 Å². The largest absolute Gasteiger partial charge is 0.448 e. The third-order valence-electron chi connectivity index (χ3n) is 4.29. The van der Waals surface area contributed by atoms with E-state index in [1.54, 1.807) is 46.0 Å². The van der Waals surface area contributed by atoms with Crippen molar-refractivity contribution < 1.29 is 28.0 Å². The molecule has 3 rings (SSSR count). The lowest BCUT2D eigenvalue weighted by molar-refractivity contribution is 0.00803. The van der Waals surface area contributed by atoms with Gasteiger partial charge in [-0.1, -0.05) is 0 Å². The summed E-state index contributed by atoms with van der Waals surface area (Å²) < 4.78 is 26.0. The number of halogens is 2. The maximum Gasteiger partial charge on any atom is 0.410 e. The molecular formula is C22H24FIN4O5. The molecular weight excluding hydrogens is 546 g/mol. The fraction of sp³-hybridized carbons (Fsp3) is 0.318. The van der Waals surface area contributed by atoms with Crippen LogP contribution in [0.5, 0.6) is 0 Å². The highest BCUT2D eigenvalue weighted by atomic mass is 127. The highest BCUT2D eigenvalue weighted by Gasteiger charge is 2.23. The number of anilines is 2. The van der Waals surface area contributed by atoms with Crippen LogP contribution in [0.15, 0.2) is 41.1 Å². The zero-order valence-corrected chi connectivity index (χ0v) is 20.7. The Bertz CT molecular complexity index is 1160. The molecule has 0 aliphatic rings. The number of rotatable bonds is 7. The van der Waals surface area contributed by atoms with Gasteiger partial charge in [-0.3, -0.25) is 14.6 Å². The van der Waals surface area contributed by atoms with E-state index in [0.717, 1.165) is 3.57 Å². The average molecular weight is 570 g/mol. The number of fused-ring (bicyclic) bond motifs is 1. The number of hydrogen-bond acceptors (Lipinski definition) is 7. The minimum Gasteiger partial charge on any atom is -0.448 e. The van der Waals surface area contributed by atoms with Crippen molar-refractivity contribution in [1.82, 2.24) is 15.4 Å². The normalized spacial score (nSPS) is 11.3. The Balaban J connectivity index is 1.68. The molecule has 0 saturated heterocycles. The third-order valence-corrected chi connectivity index (χ3v) is 4.96. The molecule has 0 fully saturated rings. The number of furan rings is 1. The molecule has 11 heteroatoms. The number of hydrogen-bond donors (Lipinski definition) is 2. The summed E-state index contributed by atoms with van der Waals surface area (Å²) in [7, 11) is 1.56. The number of carbonyl (C=O) groups is 2. The second-order valence-electron chi connectivity index (χ2n) is 8.11. The average Bonchev–Trinajstić information content (AvgIpc) is 3.10. The predicted molar refractivity (Wildman–Crippen MR) is 129 cm³/mol. The van der Waals surface area contributed by atoms with Crippen molar-refractivity contribution >= 4 is 56.9 Å². The van der Waals surface area contributed by atoms with Crippen LogP contribution in [0.2, 0.25) is 0 Å². The van der Waals surface area contributed by atoms with E-state index in [1.165, 1.54) is 23.4 Å². The van der Waals surface area contributed by atoms with Crippen molar-refractivity contribution in [2.45, 2.75) is 26.4 Å². The van der Waals surface area contributed by atoms with Crippen molar-refractivity contribution in [3.05, 3.63) is 51.8 Å². The van der Waals surface area contributed by atoms with Gasteiger partial charge in [0.1, 0.15) is 22.7 Å². The molecule has 9 nitrogen and oxygen atoms in total. The zero-order valence-electron chi connectivity index (χ0n) is 18.6. The van der Waals surface area contributed by atoms with Crippen LogP contribution in [0.3, 0.4) is 0 Å². The van der Waals surface area contributed by atoms with Crippen LogP contribution in [0.4, 0.5) is 20.6 Å². The lowest BCUT2D eigenvalue weighted by Crippen LogP contribution is -2.37. The Hall–Kier alpha value is -2.93. The molecule has 1 aromatic carbocycles. The summed E-state index contributed by atoms with van der Waals surface area (Å²) >= 11 is 2.01. The molecule has 0 bridgehead atoms. The molecule has 2 amide bonds. The molecule has 2 N–H and O–H groups in total. The van der Waals surface area contributed by atoms with Gasteiger partial charge in [-0.05, 0) is 67.6 Å². The molecule has 0 atom stereocenters. The van der Waals surface area contributed by atoms with Gasteiger partial charge in [0, 0.05) is 29.6 Å². The minimum atomic E-state index is -0.681. The molecule has 0 spiro atoms. The van der Waals surface area contributed by atoms with Gasteiger partial charge in [-0.25, -0.2) is 14.7 Å². The molecule has 176 valence electrons. The van der Waals surface area contributed by atoms with Gasteiger partial charge in [0.25, 0.3) is 0 Å². The summed E-state index contributed by atoms with van der Waals surface area (Å²) in [4.78, 5) is 35.3. The van der Waals surface area contributed by atoms with Crippen molar-refractivity contribution in [3.8, 4) is 0 Å². The van der Waals surface area contributed by atoms with Crippen molar-refractivity contribution in [1.29, 1.82) is 0 Å². The van der Waals surface area contributed by atoms with Crippen LogP contribution in [-0.2, 0) is 9.57 Å². The molecule has 0 unspecified atom stereocenters. The number of likely N-dealkylation sites (N-methyl/N-ethyl adjacent to an activating group) is 1. The Morgan fingerprint density at radius 3 is 2.73 bits per heavy atom. The molecule has 3 aromatic rings. The maximum absolute atomic E-state index is 14.4. The first-order chi connectivity index (χ1) is 15.5. The maximum atomic E-state index is 14.4. The van der Waals surface area contributed by atoms with Crippen molar-refractivity contribution in [2.75, 3.05) is 25.5 Å². The van der Waals surface area contributed by atoms with Crippen LogP contribution in [0, 0.1) is 9.39 Å². The number of ether oxygens (including phenoxy) is 1. The number of amides is 2. The molecule has 0 aliphatic carbocycles. The van der Waals surface area contributed by atoms with Gasteiger partial charge in [-0.2, -0.15) is 0 Å². The number of hydroxylamine groups is 1. The monoisotopic (exact) mass is 570 g/mol. The Morgan fingerprint density at radius 2 is 2.03 bits per heavy atom.